The van der Waals surface area contributed by atoms with Gasteiger partial charge in [0, 0.05) is 28.9 Å². The van der Waals surface area contributed by atoms with Crippen molar-refractivity contribution in [1.29, 1.82) is 0 Å². The number of rotatable bonds is 3. The van der Waals surface area contributed by atoms with Gasteiger partial charge < -0.3 is 4.74 Å². The summed E-state index contributed by atoms with van der Waals surface area (Å²) in [5.74, 6) is 0.843. The van der Waals surface area contributed by atoms with Crippen LogP contribution < -0.4 is 4.74 Å². The Morgan fingerprint density at radius 1 is 1.05 bits per heavy atom. The van der Waals surface area contributed by atoms with Crippen molar-refractivity contribution in [2.24, 2.45) is 0 Å². The summed E-state index contributed by atoms with van der Waals surface area (Å²) in [4.78, 5) is 8.68. The largest absolute Gasteiger partial charge is 0.497 e. The predicted molar refractivity (Wildman–Crippen MR) is 77.3 cm³/mol. The molecule has 2 heterocycles. The van der Waals surface area contributed by atoms with Gasteiger partial charge in [-0.15, -0.1) is 11.3 Å². The lowest BCUT2D eigenvalue weighted by Gasteiger charge is -2.01. The van der Waals surface area contributed by atoms with Crippen LogP contribution in [-0.2, 0) is 0 Å². The average Bonchev–Trinajstić information content (AvgIpc) is 2.98. The van der Waals surface area contributed by atoms with Crippen molar-refractivity contribution in [1.82, 2.24) is 9.97 Å². The van der Waals surface area contributed by atoms with Crippen LogP contribution in [0.4, 0.5) is 0 Å². The fraction of sp³-hybridized carbons (Fsp3) is 0.0667. The van der Waals surface area contributed by atoms with Crippen LogP contribution in [0.3, 0.4) is 0 Å². The molecule has 3 nitrogen and oxygen atoms in total. The van der Waals surface area contributed by atoms with E-state index >= 15 is 0 Å². The highest BCUT2D eigenvalue weighted by atomic mass is 32.1. The first-order valence-corrected chi connectivity index (χ1v) is 6.75. The van der Waals surface area contributed by atoms with Gasteiger partial charge in [0.2, 0.25) is 0 Å². The Morgan fingerprint density at radius 3 is 2.68 bits per heavy atom. The highest BCUT2D eigenvalue weighted by Crippen LogP contribution is 2.29. The lowest BCUT2D eigenvalue weighted by atomic mass is 10.1. The van der Waals surface area contributed by atoms with E-state index in [0.29, 0.717) is 0 Å². The van der Waals surface area contributed by atoms with E-state index in [9.17, 15) is 0 Å². The molecule has 19 heavy (non-hydrogen) atoms. The van der Waals surface area contributed by atoms with Crippen molar-refractivity contribution in [3.05, 3.63) is 54.2 Å². The molecule has 94 valence electrons. The number of nitrogens with zero attached hydrogens (tertiary/aromatic N) is 2. The summed E-state index contributed by atoms with van der Waals surface area (Å²) in [5.41, 5.74) is 3.13. The van der Waals surface area contributed by atoms with Gasteiger partial charge in [-0.1, -0.05) is 12.1 Å². The Morgan fingerprint density at radius 2 is 1.89 bits per heavy atom. The van der Waals surface area contributed by atoms with Crippen LogP contribution in [0.2, 0.25) is 0 Å². The van der Waals surface area contributed by atoms with E-state index in [1.807, 2.05) is 36.4 Å². The monoisotopic (exact) mass is 268 g/mol. The van der Waals surface area contributed by atoms with Gasteiger partial charge in [0.05, 0.1) is 12.8 Å². The molecule has 0 aliphatic heterocycles. The van der Waals surface area contributed by atoms with Gasteiger partial charge in [0.15, 0.2) is 0 Å². The van der Waals surface area contributed by atoms with Gasteiger partial charge in [0.1, 0.15) is 10.8 Å². The molecule has 2 aromatic heterocycles. The zero-order valence-electron chi connectivity index (χ0n) is 10.4. The summed E-state index contributed by atoms with van der Waals surface area (Å²) in [6, 6.07) is 11.9. The minimum Gasteiger partial charge on any atom is -0.497 e. The molecular weight excluding hydrogens is 256 g/mol. The highest BCUT2D eigenvalue weighted by molar-refractivity contribution is 7.13. The smallest absolute Gasteiger partial charge is 0.124 e. The maximum Gasteiger partial charge on any atom is 0.124 e. The molecule has 3 rings (SSSR count). The number of methoxy groups -OCH3 is 1. The van der Waals surface area contributed by atoms with Crippen molar-refractivity contribution in [2.75, 3.05) is 7.11 Å². The molecule has 0 aliphatic carbocycles. The van der Waals surface area contributed by atoms with Crippen LogP contribution >= 0.6 is 11.3 Å². The zero-order valence-corrected chi connectivity index (χ0v) is 11.2. The summed E-state index contributed by atoms with van der Waals surface area (Å²) in [5, 5.41) is 3.06. The Balaban J connectivity index is 1.97. The topological polar surface area (TPSA) is 35.0 Å². The van der Waals surface area contributed by atoms with E-state index < -0.39 is 0 Å². The molecule has 0 bridgehead atoms. The van der Waals surface area contributed by atoms with Gasteiger partial charge in [-0.05, 0) is 24.3 Å². The summed E-state index contributed by atoms with van der Waals surface area (Å²) in [7, 11) is 1.67. The molecule has 0 saturated carbocycles. The van der Waals surface area contributed by atoms with Crippen molar-refractivity contribution in [2.45, 2.75) is 0 Å². The van der Waals surface area contributed by atoms with Crippen LogP contribution in [0.1, 0.15) is 0 Å². The maximum atomic E-state index is 5.24. The lowest BCUT2D eigenvalue weighted by molar-refractivity contribution is 0.415. The molecule has 0 N–H and O–H groups in total. The van der Waals surface area contributed by atoms with Crippen LogP contribution in [0.15, 0.2) is 54.2 Å². The molecule has 0 spiro atoms. The molecule has 0 amide bonds. The molecule has 0 fully saturated rings. The van der Waals surface area contributed by atoms with E-state index in [4.69, 9.17) is 4.74 Å². The summed E-state index contributed by atoms with van der Waals surface area (Å²) in [6.07, 6.45) is 3.56. The van der Waals surface area contributed by atoms with Crippen LogP contribution in [0, 0.1) is 0 Å². The molecule has 1 aromatic carbocycles. The summed E-state index contributed by atoms with van der Waals surface area (Å²) < 4.78 is 5.24. The Hall–Kier alpha value is -2.20. The first-order valence-electron chi connectivity index (χ1n) is 5.87. The molecule has 3 aromatic rings. The van der Waals surface area contributed by atoms with Crippen molar-refractivity contribution in [3.8, 4) is 27.6 Å². The van der Waals surface area contributed by atoms with Crippen LogP contribution in [-0.4, -0.2) is 17.1 Å². The second-order valence-corrected chi connectivity index (χ2v) is 4.86. The number of aromatic nitrogens is 2. The molecule has 4 heteroatoms. The van der Waals surface area contributed by atoms with Gasteiger partial charge in [0.25, 0.3) is 0 Å². The molecule has 0 radical (unpaired) electrons. The Kier molecular flexibility index (Phi) is 3.25. The molecular formula is C15H12N2OS. The van der Waals surface area contributed by atoms with Gasteiger partial charge in [-0.25, -0.2) is 4.98 Å². The lowest BCUT2D eigenvalue weighted by Crippen LogP contribution is -1.84. The van der Waals surface area contributed by atoms with E-state index in [-0.39, 0.29) is 0 Å². The highest BCUT2D eigenvalue weighted by Gasteiger charge is 2.07. The van der Waals surface area contributed by atoms with E-state index in [1.54, 1.807) is 30.8 Å². The molecule has 0 atom stereocenters. The van der Waals surface area contributed by atoms with Gasteiger partial charge >= 0.3 is 0 Å². The minimum atomic E-state index is 0.843. The van der Waals surface area contributed by atoms with E-state index in [0.717, 1.165) is 27.6 Å². The number of pyridine rings is 1. The number of ether oxygens (including phenoxy) is 1. The second kappa shape index (κ2) is 5.20. The third-order valence-corrected chi connectivity index (χ3v) is 3.69. The maximum absolute atomic E-state index is 5.24. The number of hydrogen-bond acceptors (Lipinski definition) is 4. The Labute approximate surface area is 115 Å². The normalized spacial score (nSPS) is 10.4. The zero-order chi connectivity index (χ0) is 13.1. The summed E-state index contributed by atoms with van der Waals surface area (Å²) in [6.45, 7) is 0. The van der Waals surface area contributed by atoms with E-state index in [1.165, 1.54) is 0 Å². The second-order valence-electron chi connectivity index (χ2n) is 4.01. The third kappa shape index (κ3) is 2.48. The average molecular weight is 268 g/mol. The van der Waals surface area contributed by atoms with Gasteiger partial charge in [-0.2, -0.15) is 0 Å². The minimum absolute atomic E-state index is 0.843. The summed E-state index contributed by atoms with van der Waals surface area (Å²) >= 11 is 1.63. The van der Waals surface area contributed by atoms with Crippen molar-refractivity contribution in [3.63, 3.8) is 0 Å². The first kappa shape index (κ1) is 11.9. The first-order chi connectivity index (χ1) is 9.36. The van der Waals surface area contributed by atoms with Crippen LogP contribution in [0.25, 0.3) is 21.8 Å². The predicted octanol–water partition coefficient (Wildman–Crippen LogP) is 3.88. The van der Waals surface area contributed by atoms with Gasteiger partial charge in [-0.3, -0.25) is 4.98 Å². The van der Waals surface area contributed by atoms with Crippen LogP contribution in [0.5, 0.6) is 5.75 Å². The van der Waals surface area contributed by atoms with Crippen molar-refractivity contribution >= 4 is 11.3 Å². The quantitative estimate of drug-likeness (QED) is 0.723. The molecule has 0 saturated heterocycles. The molecule has 0 aliphatic rings. The third-order valence-electron chi connectivity index (χ3n) is 2.80. The number of hydrogen-bond donors (Lipinski definition) is 0. The van der Waals surface area contributed by atoms with E-state index in [2.05, 4.69) is 15.3 Å². The number of benzene rings is 1. The standard InChI is InChI=1S/C15H12N2OS/c1-18-13-4-2-3-12(9-13)14-10-19-15(17-14)11-5-7-16-8-6-11/h2-10H,1H3. The fourth-order valence-electron chi connectivity index (χ4n) is 1.82. The fourth-order valence-corrected chi connectivity index (χ4v) is 2.65. The number of thiazole rings is 1. The Bertz CT molecular complexity index is 679. The van der Waals surface area contributed by atoms with Crippen molar-refractivity contribution < 1.29 is 4.74 Å². The SMILES string of the molecule is COc1cccc(-c2csc(-c3ccncc3)n2)c1. The molecule has 0 unspecified atom stereocenters.